The second-order valence-corrected chi connectivity index (χ2v) is 5.62. The minimum Gasteiger partial charge on any atom is -0.328 e. The molecule has 4 rings (SSSR count). The predicted octanol–water partition coefficient (Wildman–Crippen LogP) is 2.56. The maximum Gasteiger partial charge on any atom is 0.117 e. The first-order chi connectivity index (χ1) is 10.9. The summed E-state index contributed by atoms with van der Waals surface area (Å²) in [7, 11) is 0. The monoisotopic (exact) mass is 290 g/mol. The second-order valence-electron chi connectivity index (χ2n) is 5.62. The molecule has 0 unspecified atom stereocenters. The van der Waals surface area contributed by atoms with E-state index < -0.39 is 0 Å². The third-order valence-corrected chi connectivity index (χ3v) is 4.21. The Balaban J connectivity index is 1.69. The van der Waals surface area contributed by atoms with Crippen LogP contribution in [0.5, 0.6) is 0 Å². The molecule has 0 bridgehead atoms. The van der Waals surface area contributed by atoms with E-state index in [1.54, 1.807) is 0 Å². The van der Waals surface area contributed by atoms with Gasteiger partial charge in [-0.3, -0.25) is 4.98 Å². The van der Waals surface area contributed by atoms with Crippen LogP contribution < -0.4 is 5.32 Å². The van der Waals surface area contributed by atoms with Crippen LogP contribution in [0.3, 0.4) is 0 Å². The first-order valence-corrected chi connectivity index (χ1v) is 7.61. The van der Waals surface area contributed by atoms with Gasteiger partial charge in [0.05, 0.1) is 18.2 Å². The lowest BCUT2D eigenvalue weighted by molar-refractivity contribution is 0.550. The fourth-order valence-corrected chi connectivity index (χ4v) is 3.16. The van der Waals surface area contributed by atoms with Crippen molar-refractivity contribution in [2.45, 2.75) is 19.0 Å². The molecule has 0 aliphatic carbocycles. The standard InChI is InChI=1S/C18H18N4/c1-2-7-16-14(5-1)11-19-12-17(16)18-21-9-10-22(18)13-15-6-3-4-8-20-15/h1-10,17,19H,11-13H2/t17-/m0/s1. The highest BCUT2D eigenvalue weighted by molar-refractivity contribution is 5.36. The number of rotatable bonds is 3. The number of nitrogens with one attached hydrogen (secondary N) is 1. The fourth-order valence-electron chi connectivity index (χ4n) is 3.16. The predicted molar refractivity (Wildman–Crippen MR) is 85.6 cm³/mol. The van der Waals surface area contributed by atoms with Crippen molar-refractivity contribution in [3.05, 3.63) is 83.7 Å². The Morgan fingerprint density at radius 1 is 1.05 bits per heavy atom. The molecule has 2 aromatic heterocycles. The molecule has 0 fully saturated rings. The quantitative estimate of drug-likeness (QED) is 0.806. The van der Waals surface area contributed by atoms with Crippen molar-refractivity contribution in [1.29, 1.82) is 0 Å². The molecule has 0 saturated heterocycles. The molecule has 0 amide bonds. The second kappa shape index (κ2) is 5.73. The van der Waals surface area contributed by atoms with Crippen LogP contribution in [0.2, 0.25) is 0 Å². The average molecular weight is 290 g/mol. The summed E-state index contributed by atoms with van der Waals surface area (Å²) >= 11 is 0. The summed E-state index contributed by atoms with van der Waals surface area (Å²) in [6.07, 6.45) is 5.76. The Kier molecular flexibility index (Phi) is 3.45. The van der Waals surface area contributed by atoms with Crippen LogP contribution in [0, 0.1) is 0 Å². The zero-order valence-electron chi connectivity index (χ0n) is 12.3. The van der Waals surface area contributed by atoms with Crippen LogP contribution in [-0.4, -0.2) is 21.1 Å². The highest BCUT2D eigenvalue weighted by Gasteiger charge is 2.24. The average Bonchev–Trinajstić information content (AvgIpc) is 3.03. The molecule has 0 saturated carbocycles. The Hall–Kier alpha value is -2.46. The summed E-state index contributed by atoms with van der Waals surface area (Å²) in [5.74, 6) is 1.40. The van der Waals surface area contributed by atoms with E-state index in [1.165, 1.54) is 11.1 Å². The normalized spacial score (nSPS) is 17.2. The lowest BCUT2D eigenvalue weighted by atomic mass is 9.90. The van der Waals surface area contributed by atoms with E-state index >= 15 is 0 Å². The van der Waals surface area contributed by atoms with Gasteiger partial charge in [0.2, 0.25) is 0 Å². The van der Waals surface area contributed by atoms with Crippen LogP contribution in [0.4, 0.5) is 0 Å². The van der Waals surface area contributed by atoms with Gasteiger partial charge in [-0.15, -0.1) is 0 Å². The van der Waals surface area contributed by atoms with E-state index in [2.05, 4.69) is 50.2 Å². The molecule has 22 heavy (non-hydrogen) atoms. The van der Waals surface area contributed by atoms with Crippen molar-refractivity contribution in [3.8, 4) is 0 Å². The first-order valence-electron chi connectivity index (χ1n) is 7.61. The molecule has 0 radical (unpaired) electrons. The fraction of sp³-hybridized carbons (Fsp3) is 0.222. The Morgan fingerprint density at radius 2 is 1.95 bits per heavy atom. The molecule has 1 aromatic carbocycles. The van der Waals surface area contributed by atoms with E-state index in [9.17, 15) is 0 Å². The van der Waals surface area contributed by atoms with Crippen molar-refractivity contribution in [2.75, 3.05) is 6.54 Å². The van der Waals surface area contributed by atoms with Crippen molar-refractivity contribution in [2.24, 2.45) is 0 Å². The van der Waals surface area contributed by atoms with Gasteiger partial charge >= 0.3 is 0 Å². The Bertz CT molecular complexity index is 764. The number of benzene rings is 1. The molecule has 1 aliphatic heterocycles. The van der Waals surface area contributed by atoms with Crippen LogP contribution in [0.1, 0.15) is 28.6 Å². The number of hydrogen-bond acceptors (Lipinski definition) is 3. The van der Waals surface area contributed by atoms with Gasteiger partial charge < -0.3 is 9.88 Å². The van der Waals surface area contributed by atoms with E-state index in [1.807, 2.05) is 30.7 Å². The van der Waals surface area contributed by atoms with Gasteiger partial charge in [-0.05, 0) is 23.3 Å². The smallest absolute Gasteiger partial charge is 0.117 e. The molecule has 1 atom stereocenters. The van der Waals surface area contributed by atoms with Gasteiger partial charge in [-0.25, -0.2) is 4.98 Å². The number of imidazole rings is 1. The summed E-state index contributed by atoms with van der Waals surface area (Å²) in [5.41, 5.74) is 3.81. The summed E-state index contributed by atoms with van der Waals surface area (Å²) in [6.45, 7) is 2.62. The molecule has 3 aromatic rings. The minimum atomic E-state index is 0.295. The molecular weight excluding hydrogens is 272 g/mol. The Labute approximate surface area is 129 Å². The highest BCUT2D eigenvalue weighted by Crippen LogP contribution is 2.29. The van der Waals surface area contributed by atoms with E-state index in [-0.39, 0.29) is 0 Å². The summed E-state index contributed by atoms with van der Waals surface area (Å²) in [5, 5.41) is 3.50. The lowest BCUT2D eigenvalue weighted by Gasteiger charge is -2.26. The van der Waals surface area contributed by atoms with Crippen molar-refractivity contribution < 1.29 is 0 Å². The maximum absolute atomic E-state index is 4.63. The summed E-state index contributed by atoms with van der Waals surface area (Å²) in [4.78, 5) is 9.05. The van der Waals surface area contributed by atoms with Gasteiger partial charge in [0.1, 0.15) is 5.82 Å². The third-order valence-electron chi connectivity index (χ3n) is 4.21. The SMILES string of the molecule is c1ccc(Cn2ccnc2[C@H]2CNCc3ccccc32)nc1. The van der Waals surface area contributed by atoms with E-state index in [0.29, 0.717) is 5.92 Å². The topological polar surface area (TPSA) is 42.7 Å². The van der Waals surface area contributed by atoms with E-state index in [4.69, 9.17) is 0 Å². The maximum atomic E-state index is 4.63. The minimum absolute atomic E-state index is 0.295. The van der Waals surface area contributed by atoms with Crippen LogP contribution in [0.25, 0.3) is 0 Å². The number of fused-ring (bicyclic) bond motifs is 1. The van der Waals surface area contributed by atoms with Crippen molar-refractivity contribution in [1.82, 2.24) is 19.9 Å². The number of pyridine rings is 1. The van der Waals surface area contributed by atoms with Crippen molar-refractivity contribution in [3.63, 3.8) is 0 Å². The largest absolute Gasteiger partial charge is 0.328 e. The number of aromatic nitrogens is 3. The van der Waals surface area contributed by atoms with Gasteiger partial charge in [0.15, 0.2) is 0 Å². The number of hydrogen-bond donors (Lipinski definition) is 1. The van der Waals surface area contributed by atoms with Crippen LogP contribution in [0.15, 0.2) is 61.1 Å². The molecule has 110 valence electrons. The molecule has 3 heterocycles. The summed E-state index contributed by atoms with van der Waals surface area (Å²) in [6, 6.07) is 14.7. The highest BCUT2D eigenvalue weighted by atomic mass is 15.1. The van der Waals surface area contributed by atoms with Crippen LogP contribution in [-0.2, 0) is 13.1 Å². The number of nitrogens with zero attached hydrogens (tertiary/aromatic N) is 3. The zero-order chi connectivity index (χ0) is 14.8. The first kappa shape index (κ1) is 13.2. The van der Waals surface area contributed by atoms with Crippen LogP contribution >= 0.6 is 0 Å². The van der Waals surface area contributed by atoms with Gasteiger partial charge in [-0.1, -0.05) is 30.3 Å². The Morgan fingerprint density at radius 3 is 2.86 bits per heavy atom. The van der Waals surface area contributed by atoms with Gasteiger partial charge in [-0.2, -0.15) is 0 Å². The molecule has 4 nitrogen and oxygen atoms in total. The third kappa shape index (κ3) is 2.42. The molecule has 4 heteroatoms. The molecule has 1 N–H and O–H groups in total. The molecule has 0 spiro atoms. The lowest BCUT2D eigenvalue weighted by Crippen LogP contribution is -2.30. The zero-order valence-corrected chi connectivity index (χ0v) is 12.3. The van der Waals surface area contributed by atoms with Crippen molar-refractivity contribution >= 4 is 0 Å². The summed E-state index contributed by atoms with van der Waals surface area (Å²) < 4.78 is 2.21. The van der Waals surface area contributed by atoms with Gasteiger partial charge in [0, 0.05) is 31.7 Å². The van der Waals surface area contributed by atoms with E-state index in [0.717, 1.165) is 31.2 Å². The molecular formula is C18H18N4. The van der Waals surface area contributed by atoms with Gasteiger partial charge in [0.25, 0.3) is 0 Å². The molecule has 1 aliphatic rings.